The predicted molar refractivity (Wildman–Crippen MR) is 116 cm³/mol. The van der Waals surface area contributed by atoms with E-state index >= 15 is 0 Å². The summed E-state index contributed by atoms with van der Waals surface area (Å²) in [5.41, 5.74) is 0.319. The predicted octanol–water partition coefficient (Wildman–Crippen LogP) is 2.33. The summed E-state index contributed by atoms with van der Waals surface area (Å²) in [5, 5.41) is 10.2. The van der Waals surface area contributed by atoms with Crippen LogP contribution in [0.5, 0.6) is 0 Å². The van der Waals surface area contributed by atoms with E-state index in [1.807, 2.05) is 38.3 Å². The van der Waals surface area contributed by atoms with Crippen LogP contribution in [-0.2, 0) is 16.1 Å². The standard InChI is InChI=1S/C19H23N5O3S2/c1-19(2,3)21-13(25)11-24-17(26)15-16(14(22-24)12-5-4-10-28-12)29-18(20-15)23-6-8-27-9-7-23/h4-5,10H,6-9,11H2,1-3H3,(H,21,25). The van der Waals surface area contributed by atoms with Crippen molar-refractivity contribution in [2.24, 2.45) is 0 Å². The molecule has 8 nitrogen and oxygen atoms in total. The van der Waals surface area contributed by atoms with Gasteiger partial charge in [-0.25, -0.2) is 9.67 Å². The van der Waals surface area contributed by atoms with Crippen LogP contribution in [-0.4, -0.2) is 52.5 Å². The Bertz CT molecular complexity index is 1080. The lowest BCUT2D eigenvalue weighted by molar-refractivity contribution is -0.123. The molecule has 154 valence electrons. The number of rotatable bonds is 4. The Morgan fingerprint density at radius 3 is 2.72 bits per heavy atom. The lowest BCUT2D eigenvalue weighted by Gasteiger charge is -2.25. The van der Waals surface area contributed by atoms with E-state index in [9.17, 15) is 9.59 Å². The van der Waals surface area contributed by atoms with Crippen LogP contribution in [0.25, 0.3) is 20.8 Å². The van der Waals surface area contributed by atoms with Crippen molar-refractivity contribution >= 4 is 43.9 Å². The zero-order valence-electron chi connectivity index (χ0n) is 16.6. The highest BCUT2D eigenvalue weighted by atomic mass is 32.1. The van der Waals surface area contributed by atoms with E-state index in [4.69, 9.17) is 4.74 Å². The normalized spacial score (nSPS) is 15.1. The number of carbonyl (C=O) groups is 1. The molecule has 1 N–H and O–H groups in total. The van der Waals surface area contributed by atoms with Gasteiger partial charge in [0.2, 0.25) is 5.91 Å². The number of nitrogens with one attached hydrogen (secondary N) is 1. The molecule has 0 radical (unpaired) electrons. The minimum Gasteiger partial charge on any atom is -0.378 e. The molecule has 0 unspecified atom stereocenters. The molecule has 1 saturated heterocycles. The number of anilines is 1. The third-order valence-corrected chi connectivity index (χ3v) is 6.33. The van der Waals surface area contributed by atoms with Gasteiger partial charge in [-0.15, -0.1) is 11.3 Å². The highest BCUT2D eigenvalue weighted by molar-refractivity contribution is 7.23. The maximum atomic E-state index is 13.1. The van der Waals surface area contributed by atoms with E-state index in [0.29, 0.717) is 24.4 Å². The summed E-state index contributed by atoms with van der Waals surface area (Å²) in [4.78, 5) is 33.2. The number of aromatic nitrogens is 3. The number of hydrogen-bond donors (Lipinski definition) is 1. The van der Waals surface area contributed by atoms with Crippen molar-refractivity contribution in [2.75, 3.05) is 31.2 Å². The van der Waals surface area contributed by atoms with E-state index in [0.717, 1.165) is 27.8 Å². The Balaban J connectivity index is 1.79. The molecule has 1 amide bonds. The van der Waals surface area contributed by atoms with Gasteiger partial charge in [0.1, 0.15) is 12.2 Å². The number of morpholine rings is 1. The highest BCUT2D eigenvalue weighted by Crippen LogP contribution is 2.35. The quantitative estimate of drug-likeness (QED) is 0.679. The second kappa shape index (κ2) is 7.85. The first-order valence-electron chi connectivity index (χ1n) is 9.41. The number of nitrogens with zero attached hydrogens (tertiary/aromatic N) is 4. The van der Waals surface area contributed by atoms with Crippen molar-refractivity contribution < 1.29 is 9.53 Å². The van der Waals surface area contributed by atoms with E-state index in [1.54, 1.807) is 11.3 Å². The van der Waals surface area contributed by atoms with Crippen LogP contribution in [0.3, 0.4) is 0 Å². The Morgan fingerprint density at radius 2 is 2.07 bits per heavy atom. The lowest BCUT2D eigenvalue weighted by atomic mass is 10.1. The number of amides is 1. The van der Waals surface area contributed by atoms with Gasteiger partial charge in [0.05, 0.1) is 22.8 Å². The topological polar surface area (TPSA) is 89.3 Å². The minimum absolute atomic E-state index is 0.144. The van der Waals surface area contributed by atoms with Crippen molar-refractivity contribution in [3.8, 4) is 10.6 Å². The number of hydrogen-bond acceptors (Lipinski definition) is 8. The fourth-order valence-corrected chi connectivity index (χ4v) is 5.00. The average Bonchev–Trinajstić information content (AvgIpc) is 3.33. The first kappa shape index (κ1) is 20.0. The fourth-order valence-electron chi connectivity index (χ4n) is 3.11. The molecule has 0 bridgehead atoms. The molecule has 1 aliphatic rings. The van der Waals surface area contributed by atoms with Gasteiger partial charge >= 0.3 is 0 Å². The number of thiophene rings is 1. The summed E-state index contributed by atoms with van der Waals surface area (Å²) in [6, 6.07) is 3.91. The average molecular weight is 434 g/mol. The molecular formula is C19H23N5O3S2. The first-order chi connectivity index (χ1) is 13.8. The fraction of sp³-hybridized carbons (Fsp3) is 0.474. The van der Waals surface area contributed by atoms with Gasteiger partial charge < -0.3 is 15.0 Å². The molecule has 4 rings (SSSR count). The van der Waals surface area contributed by atoms with Gasteiger partial charge in [-0.1, -0.05) is 17.4 Å². The third-order valence-electron chi connectivity index (χ3n) is 4.33. The molecule has 0 saturated carbocycles. The van der Waals surface area contributed by atoms with Crippen LogP contribution in [0.2, 0.25) is 0 Å². The van der Waals surface area contributed by atoms with Crippen molar-refractivity contribution in [3.05, 3.63) is 27.9 Å². The van der Waals surface area contributed by atoms with E-state index < -0.39 is 0 Å². The maximum Gasteiger partial charge on any atom is 0.294 e. The molecule has 29 heavy (non-hydrogen) atoms. The van der Waals surface area contributed by atoms with Crippen molar-refractivity contribution in [1.82, 2.24) is 20.1 Å². The van der Waals surface area contributed by atoms with Gasteiger partial charge in [-0.3, -0.25) is 9.59 Å². The van der Waals surface area contributed by atoms with Crippen LogP contribution >= 0.6 is 22.7 Å². The number of ether oxygens (including phenoxy) is 1. The molecule has 4 heterocycles. The van der Waals surface area contributed by atoms with Crippen LogP contribution in [0.15, 0.2) is 22.3 Å². The van der Waals surface area contributed by atoms with Gasteiger partial charge in [0.15, 0.2) is 10.6 Å². The lowest BCUT2D eigenvalue weighted by Crippen LogP contribution is -2.44. The maximum absolute atomic E-state index is 13.1. The SMILES string of the molecule is CC(C)(C)NC(=O)Cn1nc(-c2cccs2)c2sc(N3CCOCC3)nc2c1=O. The van der Waals surface area contributed by atoms with E-state index in [-0.39, 0.29) is 23.6 Å². The van der Waals surface area contributed by atoms with Crippen molar-refractivity contribution in [3.63, 3.8) is 0 Å². The second-order valence-corrected chi connectivity index (χ2v) is 9.79. The number of fused-ring (bicyclic) bond motifs is 1. The Hall–Kier alpha value is -2.30. The summed E-state index contributed by atoms with van der Waals surface area (Å²) in [6.45, 7) is 8.32. The van der Waals surface area contributed by atoms with Crippen LogP contribution in [0, 0.1) is 0 Å². The Kier molecular flexibility index (Phi) is 5.41. The van der Waals surface area contributed by atoms with Gasteiger partial charge in [0.25, 0.3) is 5.56 Å². The largest absolute Gasteiger partial charge is 0.378 e. The summed E-state index contributed by atoms with van der Waals surface area (Å²) in [6.07, 6.45) is 0. The van der Waals surface area contributed by atoms with Crippen LogP contribution in [0.1, 0.15) is 20.8 Å². The number of thiazole rings is 1. The van der Waals surface area contributed by atoms with Gasteiger partial charge in [-0.05, 0) is 32.2 Å². The molecule has 3 aromatic heterocycles. The highest BCUT2D eigenvalue weighted by Gasteiger charge is 2.23. The minimum atomic E-state index is -0.383. The Labute approximate surface area is 176 Å². The molecule has 0 aliphatic carbocycles. The third kappa shape index (κ3) is 4.34. The van der Waals surface area contributed by atoms with E-state index in [2.05, 4.69) is 20.3 Å². The molecular weight excluding hydrogens is 410 g/mol. The van der Waals surface area contributed by atoms with Crippen molar-refractivity contribution in [2.45, 2.75) is 32.9 Å². The molecule has 0 aromatic carbocycles. The summed E-state index contributed by atoms with van der Waals surface area (Å²) < 4.78 is 7.40. The monoisotopic (exact) mass is 433 g/mol. The summed E-state index contributed by atoms with van der Waals surface area (Å²) in [5.74, 6) is -0.257. The summed E-state index contributed by atoms with van der Waals surface area (Å²) >= 11 is 3.02. The van der Waals surface area contributed by atoms with Gasteiger partial charge in [0, 0.05) is 18.6 Å². The van der Waals surface area contributed by atoms with Crippen LogP contribution in [0.4, 0.5) is 5.13 Å². The molecule has 10 heteroatoms. The summed E-state index contributed by atoms with van der Waals surface area (Å²) in [7, 11) is 0. The first-order valence-corrected chi connectivity index (χ1v) is 11.1. The van der Waals surface area contributed by atoms with Gasteiger partial charge in [-0.2, -0.15) is 5.10 Å². The zero-order chi connectivity index (χ0) is 20.6. The Morgan fingerprint density at radius 1 is 1.31 bits per heavy atom. The molecule has 1 aliphatic heterocycles. The van der Waals surface area contributed by atoms with Crippen LogP contribution < -0.4 is 15.8 Å². The van der Waals surface area contributed by atoms with Crippen molar-refractivity contribution in [1.29, 1.82) is 0 Å². The smallest absolute Gasteiger partial charge is 0.294 e. The molecule has 1 fully saturated rings. The molecule has 0 atom stereocenters. The molecule has 0 spiro atoms. The second-order valence-electron chi connectivity index (χ2n) is 7.86. The van der Waals surface area contributed by atoms with E-state index in [1.165, 1.54) is 16.0 Å². The molecule has 3 aromatic rings. The zero-order valence-corrected chi connectivity index (χ0v) is 18.2. The number of carbonyl (C=O) groups excluding carboxylic acids is 1.